The molecule has 0 amide bonds. The van der Waals surface area contributed by atoms with E-state index in [1.807, 2.05) is 22.6 Å². The van der Waals surface area contributed by atoms with Crippen molar-refractivity contribution in [2.75, 3.05) is 7.11 Å². The van der Waals surface area contributed by atoms with E-state index in [1.54, 1.807) is 0 Å². The first kappa shape index (κ1) is 14.2. The van der Waals surface area contributed by atoms with E-state index >= 15 is 0 Å². The highest BCUT2D eigenvalue weighted by atomic mass is 127. The van der Waals surface area contributed by atoms with E-state index in [1.165, 1.54) is 7.11 Å². The summed E-state index contributed by atoms with van der Waals surface area (Å²) in [6.45, 7) is 0.135. The molecule has 1 aromatic rings. The van der Waals surface area contributed by atoms with Crippen molar-refractivity contribution >= 4 is 28.6 Å². The fourth-order valence-electron chi connectivity index (χ4n) is 1.31. The first-order valence-corrected chi connectivity index (χ1v) is 5.80. The summed E-state index contributed by atoms with van der Waals surface area (Å²) in [7, 11) is 1.21. The van der Waals surface area contributed by atoms with E-state index in [0.717, 1.165) is 6.20 Å². The Morgan fingerprint density at radius 2 is 2.29 bits per heavy atom. The summed E-state index contributed by atoms with van der Waals surface area (Å²) in [5, 5.41) is 0. The lowest BCUT2D eigenvalue weighted by molar-refractivity contribution is -0.139. The Kier molecular flexibility index (Phi) is 5.19. The van der Waals surface area contributed by atoms with Crippen LogP contribution >= 0.6 is 22.6 Å². The molecule has 0 aliphatic heterocycles. The van der Waals surface area contributed by atoms with Crippen LogP contribution in [0.25, 0.3) is 0 Å². The number of esters is 1. The molecule has 17 heavy (non-hydrogen) atoms. The minimum absolute atomic E-state index is 0.135. The summed E-state index contributed by atoms with van der Waals surface area (Å²) in [4.78, 5) is 15.0. The number of hydrogen-bond donors (Lipinski definition) is 1. The second-order valence-corrected chi connectivity index (χ2v) is 4.29. The van der Waals surface area contributed by atoms with Crippen LogP contribution in [0.1, 0.15) is 23.2 Å². The van der Waals surface area contributed by atoms with Crippen molar-refractivity contribution in [1.82, 2.24) is 4.98 Å². The van der Waals surface area contributed by atoms with Gasteiger partial charge in [-0.3, -0.25) is 9.78 Å². The predicted octanol–water partition coefficient (Wildman–Crippen LogP) is 1.80. The van der Waals surface area contributed by atoms with Gasteiger partial charge in [0.05, 0.1) is 19.2 Å². The maximum atomic E-state index is 12.8. The first-order chi connectivity index (χ1) is 8.01. The number of hydrogen-bond acceptors (Lipinski definition) is 4. The molecule has 2 N–H and O–H groups in total. The molecule has 0 spiro atoms. The quantitative estimate of drug-likeness (QED) is 0.660. The van der Waals surface area contributed by atoms with Gasteiger partial charge in [-0.1, -0.05) is 0 Å². The van der Waals surface area contributed by atoms with Crippen molar-refractivity contribution < 1.29 is 18.3 Å². The number of aromatic nitrogens is 1. The molecule has 0 atom stereocenters. The van der Waals surface area contributed by atoms with Gasteiger partial charge in [-0.2, -0.15) is 0 Å². The third-order valence-corrected chi connectivity index (χ3v) is 3.48. The first-order valence-electron chi connectivity index (χ1n) is 4.72. The van der Waals surface area contributed by atoms with E-state index in [-0.39, 0.29) is 24.1 Å². The second kappa shape index (κ2) is 6.20. The van der Waals surface area contributed by atoms with Crippen LogP contribution in [0.15, 0.2) is 6.20 Å². The Morgan fingerprint density at radius 3 is 2.76 bits per heavy atom. The van der Waals surface area contributed by atoms with E-state index in [9.17, 15) is 13.6 Å². The molecule has 1 rings (SSSR count). The van der Waals surface area contributed by atoms with Gasteiger partial charge in [0, 0.05) is 21.9 Å². The predicted molar refractivity (Wildman–Crippen MR) is 65.5 cm³/mol. The lowest BCUT2D eigenvalue weighted by Gasteiger charge is -2.12. The molecule has 0 aliphatic rings. The Labute approximate surface area is 111 Å². The number of nitrogens with two attached hydrogens (primary N) is 1. The zero-order valence-electron chi connectivity index (χ0n) is 9.04. The summed E-state index contributed by atoms with van der Waals surface area (Å²) < 4.78 is 30.5. The van der Waals surface area contributed by atoms with Gasteiger partial charge in [-0.05, 0) is 28.2 Å². The smallest absolute Gasteiger partial charge is 0.310 e. The highest BCUT2D eigenvalue weighted by molar-refractivity contribution is 14.1. The van der Waals surface area contributed by atoms with Crippen LogP contribution in [0.4, 0.5) is 8.78 Å². The Morgan fingerprint density at radius 1 is 1.65 bits per heavy atom. The lowest BCUT2D eigenvalue weighted by atomic mass is 10.1. The van der Waals surface area contributed by atoms with Gasteiger partial charge >= 0.3 is 5.97 Å². The van der Waals surface area contributed by atoms with E-state index in [0.29, 0.717) is 9.26 Å². The zero-order chi connectivity index (χ0) is 13.0. The molecule has 1 aromatic heterocycles. The van der Waals surface area contributed by atoms with Crippen LogP contribution in [-0.4, -0.2) is 18.1 Å². The molecule has 0 radical (unpaired) electrons. The minimum atomic E-state index is -2.68. The maximum absolute atomic E-state index is 12.8. The monoisotopic (exact) mass is 356 g/mol. The standard InChI is InChI=1S/C10H11F2IN2O2/c1-17-8(16)2-5-6(10(11)12)4-15-7(3-14)9(5)13/h4,10H,2-3,14H2,1H3. The van der Waals surface area contributed by atoms with E-state index < -0.39 is 12.4 Å². The van der Waals surface area contributed by atoms with Crippen molar-refractivity contribution in [2.45, 2.75) is 19.4 Å². The average Bonchev–Trinajstić information content (AvgIpc) is 2.30. The number of alkyl halides is 2. The molecule has 7 heteroatoms. The number of nitrogens with zero attached hydrogens (tertiary/aromatic N) is 1. The lowest BCUT2D eigenvalue weighted by Crippen LogP contribution is -2.13. The van der Waals surface area contributed by atoms with Gasteiger partial charge in [0.1, 0.15) is 0 Å². The molecule has 0 fully saturated rings. The van der Waals surface area contributed by atoms with Crippen molar-refractivity contribution in [3.05, 3.63) is 26.6 Å². The van der Waals surface area contributed by atoms with Gasteiger partial charge in [0.2, 0.25) is 0 Å². The van der Waals surface area contributed by atoms with Gasteiger partial charge in [0.15, 0.2) is 0 Å². The van der Waals surface area contributed by atoms with Gasteiger partial charge in [0.25, 0.3) is 6.43 Å². The topological polar surface area (TPSA) is 65.2 Å². The van der Waals surface area contributed by atoms with Crippen molar-refractivity contribution in [1.29, 1.82) is 0 Å². The van der Waals surface area contributed by atoms with Crippen LogP contribution in [0.5, 0.6) is 0 Å². The summed E-state index contributed by atoms with van der Waals surface area (Å²) in [6, 6.07) is 0. The Balaban J connectivity index is 3.24. The highest BCUT2D eigenvalue weighted by Gasteiger charge is 2.20. The number of ether oxygens (including phenoxy) is 1. The molecule has 0 bridgehead atoms. The molecule has 0 unspecified atom stereocenters. The molecule has 94 valence electrons. The largest absolute Gasteiger partial charge is 0.469 e. The molecule has 1 heterocycles. The summed E-state index contributed by atoms with van der Waals surface area (Å²) in [6.07, 6.45) is -1.82. The molecular formula is C10H11F2IN2O2. The zero-order valence-corrected chi connectivity index (χ0v) is 11.2. The summed E-state index contributed by atoms with van der Waals surface area (Å²) in [5.41, 5.74) is 5.92. The van der Waals surface area contributed by atoms with Crippen molar-refractivity contribution in [3.8, 4) is 0 Å². The van der Waals surface area contributed by atoms with Crippen molar-refractivity contribution in [2.24, 2.45) is 5.73 Å². The van der Waals surface area contributed by atoms with Crippen LogP contribution in [0, 0.1) is 3.57 Å². The van der Waals surface area contributed by atoms with Crippen LogP contribution < -0.4 is 5.73 Å². The third-order valence-electron chi connectivity index (χ3n) is 2.20. The molecule has 0 saturated heterocycles. The van der Waals surface area contributed by atoms with Crippen molar-refractivity contribution in [3.63, 3.8) is 0 Å². The molecule has 0 aromatic carbocycles. The normalized spacial score (nSPS) is 10.7. The van der Waals surface area contributed by atoms with Crippen LogP contribution in [0.3, 0.4) is 0 Å². The number of rotatable bonds is 4. The fraction of sp³-hybridized carbons (Fsp3) is 0.400. The van der Waals surface area contributed by atoms with Gasteiger partial charge in [-0.25, -0.2) is 8.78 Å². The highest BCUT2D eigenvalue weighted by Crippen LogP contribution is 2.28. The van der Waals surface area contributed by atoms with Crippen LogP contribution in [-0.2, 0) is 22.5 Å². The number of pyridine rings is 1. The Hall–Kier alpha value is -0.830. The van der Waals surface area contributed by atoms with Gasteiger partial charge in [-0.15, -0.1) is 0 Å². The van der Waals surface area contributed by atoms with Crippen LogP contribution in [0.2, 0.25) is 0 Å². The molecular weight excluding hydrogens is 345 g/mol. The maximum Gasteiger partial charge on any atom is 0.310 e. The number of halogens is 3. The van der Waals surface area contributed by atoms with E-state index in [4.69, 9.17) is 5.73 Å². The van der Waals surface area contributed by atoms with E-state index in [2.05, 4.69) is 9.72 Å². The molecule has 0 saturated carbocycles. The SMILES string of the molecule is COC(=O)Cc1c(C(F)F)cnc(CN)c1I. The summed E-state index contributed by atoms with van der Waals surface area (Å²) in [5.74, 6) is -0.570. The molecule has 0 aliphatic carbocycles. The number of methoxy groups -OCH3 is 1. The molecule has 4 nitrogen and oxygen atoms in total. The average molecular weight is 356 g/mol. The third kappa shape index (κ3) is 3.32. The summed E-state index contributed by atoms with van der Waals surface area (Å²) >= 11 is 1.87. The fourth-order valence-corrected chi connectivity index (χ4v) is 2.17. The second-order valence-electron chi connectivity index (χ2n) is 3.21. The van der Waals surface area contributed by atoms with Gasteiger partial charge < -0.3 is 10.5 Å². The minimum Gasteiger partial charge on any atom is -0.469 e. The number of carbonyl (C=O) groups is 1. The number of carbonyl (C=O) groups excluding carboxylic acids is 1. The Bertz CT molecular complexity index is 427.